The molecule has 3 rings (SSSR count). The largest absolute Gasteiger partial charge is 0.472 e. The zero-order valence-corrected chi connectivity index (χ0v) is 18.1. The van der Waals surface area contributed by atoms with E-state index in [9.17, 15) is 14.9 Å². The number of nitrogens with zero attached hydrogens (tertiary/aromatic N) is 2. The molecule has 2 heterocycles. The summed E-state index contributed by atoms with van der Waals surface area (Å²) in [6.45, 7) is 4.22. The van der Waals surface area contributed by atoms with Crippen molar-refractivity contribution in [1.82, 2.24) is 4.90 Å². The average molecular weight is 428 g/mol. The summed E-state index contributed by atoms with van der Waals surface area (Å²) < 4.78 is 10.4. The number of amides is 2. The van der Waals surface area contributed by atoms with Gasteiger partial charge in [-0.1, -0.05) is 0 Å². The van der Waals surface area contributed by atoms with E-state index < -0.39 is 0 Å². The van der Waals surface area contributed by atoms with Crippen molar-refractivity contribution in [2.45, 2.75) is 39.2 Å². The molecule has 2 amide bonds. The van der Waals surface area contributed by atoms with Crippen molar-refractivity contribution >= 4 is 34.4 Å². The van der Waals surface area contributed by atoms with Gasteiger partial charge in [0, 0.05) is 29.6 Å². The van der Waals surface area contributed by atoms with Gasteiger partial charge in [0.1, 0.15) is 11.1 Å². The van der Waals surface area contributed by atoms with Crippen LogP contribution in [-0.2, 0) is 22.4 Å². The zero-order chi connectivity index (χ0) is 21.7. The Labute approximate surface area is 179 Å². The lowest BCUT2D eigenvalue weighted by atomic mass is 9.88. The van der Waals surface area contributed by atoms with Crippen LogP contribution in [0.5, 0.6) is 0 Å². The Morgan fingerprint density at radius 2 is 2.30 bits per heavy atom. The predicted octanol–water partition coefficient (Wildman–Crippen LogP) is 4.45. The molecule has 0 bridgehead atoms. The lowest BCUT2D eigenvalue weighted by Crippen LogP contribution is -2.35. The molecule has 8 heteroatoms. The molecule has 0 radical (unpaired) electrons. The molecular formula is C22H25N3O4S. The number of hydrogen-bond donors (Lipinski definition) is 1. The third kappa shape index (κ3) is 5.10. The first kappa shape index (κ1) is 21.7. The zero-order valence-electron chi connectivity index (χ0n) is 17.3. The first-order chi connectivity index (χ1) is 14.4. The Bertz CT molecular complexity index is 969. The fraction of sp³-hybridized carbons (Fsp3) is 0.409. The molecule has 0 aliphatic heterocycles. The molecule has 0 fully saturated rings. The number of nitriles is 1. The molecule has 2 aromatic heterocycles. The van der Waals surface area contributed by atoms with Gasteiger partial charge in [-0.15, -0.1) is 11.3 Å². The summed E-state index contributed by atoms with van der Waals surface area (Å²) in [7, 11) is 1.72. The summed E-state index contributed by atoms with van der Waals surface area (Å²) in [5.74, 6) is -0.0924. The highest BCUT2D eigenvalue weighted by atomic mass is 32.1. The average Bonchev–Trinajstić information content (AvgIpc) is 3.36. The van der Waals surface area contributed by atoms with Crippen LogP contribution in [0.3, 0.4) is 0 Å². The number of anilines is 1. The molecule has 0 saturated carbocycles. The van der Waals surface area contributed by atoms with Gasteiger partial charge in [-0.05, 0) is 56.7 Å². The first-order valence-electron chi connectivity index (χ1n) is 9.84. The topological polar surface area (TPSA) is 95.6 Å². The number of ether oxygens (including phenoxy) is 1. The van der Waals surface area contributed by atoms with Crippen LogP contribution < -0.4 is 5.32 Å². The van der Waals surface area contributed by atoms with E-state index in [0.29, 0.717) is 17.2 Å². The van der Waals surface area contributed by atoms with Crippen LogP contribution in [0.25, 0.3) is 6.08 Å². The lowest BCUT2D eigenvalue weighted by Gasteiger charge is -2.25. The van der Waals surface area contributed by atoms with Gasteiger partial charge in [-0.3, -0.25) is 4.79 Å². The molecule has 7 nitrogen and oxygen atoms in total. The normalized spacial score (nSPS) is 15.6. The van der Waals surface area contributed by atoms with Crippen molar-refractivity contribution in [3.8, 4) is 6.07 Å². The lowest BCUT2D eigenvalue weighted by molar-refractivity contribution is -0.111. The highest BCUT2D eigenvalue weighted by Crippen LogP contribution is 2.39. The number of rotatable bonds is 6. The van der Waals surface area contributed by atoms with E-state index in [1.807, 2.05) is 13.8 Å². The molecule has 1 aliphatic rings. The van der Waals surface area contributed by atoms with E-state index >= 15 is 0 Å². The maximum absolute atomic E-state index is 12.3. The van der Waals surface area contributed by atoms with Crippen LogP contribution in [0.4, 0.5) is 9.80 Å². The molecule has 0 aromatic carbocycles. The molecular weight excluding hydrogens is 402 g/mol. The van der Waals surface area contributed by atoms with Gasteiger partial charge in [0.2, 0.25) is 5.91 Å². The van der Waals surface area contributed by atoms with Gasteiger partial charge >= 0.3 is 6.09 Å². The van der Waals surface area contributed by atoms with E-state index in [4.69, 9.17) is 9.15 Å². The quantitative estimate of drug-likeness (QED) is 0.687. The van der Waals surface area contributed by atoms with Crippen molar-refractivity contribution in [3.05, 3.63) is 46.2 Å². The standard InChI is InChI=1S/C22H25N3O4S/c1-14(2)25(3)22(27)29-13-16-4-6-17-18(11-23)21(30-19(17)10-16)24-20(26)7-5-15-8-9-28-12-15/h5,7-9,12,14,16H,4,6,10,13H2,1-3H3,(H,24,26). The maximum Gasteiger partial charge on any atom is 0.409 e. The molecule has 158 valence electrons. The second-order valence-electron chi connectivity index (χ2n) is 7.59. The molecule has 1 aliphatic carbocycles. The van der Waals surface area contributed by atoms with E-state index in [-0.39, 0.29) is 24.0 Å². The van der Waals surface area contributed by atoms with Gasteiger partial charge in [0.05, 0.1) is 24.7 Å². The van der Waals surface area contributed by atoms with Crippen molar-refractivity contribution in [2.75, 3.05) is 19.0 Å². The highest BCUT2D eigenvalue weighted by Gasteiger charge is 2.27. The number of carbonyl (C=O) groups excluding carboxylic acids is 2. The van der Waals surface area contributed by atoms with Gasteiger partial charge in [-0.25, -0.2) is 4.79 Å². The van der Waals surface area contributed by atoms with Crippen molar-refractivity contribution in [2.24, 2.45) is 5.92 Å². The van der Waals surface area contributed by atoms with Crippen LogP contribution in [-0.4, -0.2) is 36.6 Å². The minimum Gasteiger partial charge on any atom is -0.472 e. The third-order valence-corrected chi connectivity index (χ3v) is 6.36. The summed E-state index contributed by atoms with van der Waals surface area (Å²) in [5.41, 5.74) is 2.32. The van der Waals surface area contributed by atoms with Gasteiger partial charge in [0.25, 0.3) is 0 Å². The Balaban J connectivity index is 1.63. The van der Waals surface area contributed by atoms with Crippen LogP contribution in [0.2, 0.25) is 0 Å². The molecule has 1 unspecified atom stereocenters. The number of fused-ring (bicyclic) bond motifs is 1. The summed E-state index contributed by atoms with van der Waals surface area (Å²) in [6.07, 6.45) is 8.12. The summed E-state index contributed by atoms with van der Waals surface area (Å²) in [5, 5.41) is 13.0. The second-order valence-corrected chi connectivity index (χ2v) is 8.69. The highest BCUT2D eigenvalue weighted by molar-refractivity contribution is 7.16. The van der Waals surface area contributed by atoms with Crippen molar-refractivity contribution < 1.29 is 18.7 Å². The Hall–Kier alpha value is -3.05. The SMILES string of the molecule is CC(C)N(C)C(=O)OCC1CCc2c(sc(NC(=O)C=Cc3ccoc3)c2C#N)C1. The smallest absolute Gasteiger partial charge is 0.409 e. The summed E-state index contributed by atoms with van der Waals surface area (Å²) >= 11 is 1.43. The second kappa shape index (κ2) is 9.63. The Morgan fingerprint density at radius 1 is 1.50 bits per heavy atom. The maximum atomic E-state index is 12.3. The van der Waals surface area contributed by atoms with Crippen molar-refractivity contribution in [1.29, 1.82) is 5.26 Å². The number of carbonyl (C=O) groups is 2. The number of nitrogens with one attached hydrogen (secondary N) is 1. The Morgan fingerprint density at radius 3 is 2.97 bits per heavy atom. The third-order valence-electron chi connectivity index (χ3n) is 5.19. The number of hydrogen-bond acceptors (Lipinski definition) is 6. The Kier molecular flexibility index (Phi) is 6.95. The number of furan rings is 1. The number of thiophene rings is 1. The van der Waals surface area contributed by atoms with E-state index in [2.05, 4.69) is 11.4 Å². The molecule has 2 aromatic rings. The predicted molar refractivity (Wildman–Crippen MR) is 115 cm³/mol. The van der Waals surface area contributed by atoms with Crippen LogP contribution >= 0.6 is 11.3 Å². The fourth-order valence-corrected chi connectivity index (χ4v) is 4.52. The monoisotopic (exact) mass is 427 g/mol. The molecule has 1 atom stereocenters. The molecule has 0 spiro atoms. The van der Waals surface area contributed by atoms with E-state index in [1.54, 1.807) is 30.4 Å². The summed E-state index contributed by atoms with van der Waals surface area (Å²) in [4.78, 5) is 26.9. The van der Waals surface area contributed by atoms with Crippen LogP contribution in [0.1, 0.15) is 41.8 Å². The van der Waals surface area contributed by atoms with E-state index in [1.165, 1.54) is 23.7 Å². The van der Waals surface area contributed by atoms with E-state index in [0.717, 1.165) is 35.3 Å². The van der Waals surface area contributed by atoms with Gasteiger partial charge < -0.3 is 19.4 Å². The van der Waals surface area contributed by atoms with Gasteiger partial charge in [-0.2, -0.15) is 5.26 Å². The fourth-order valence-electron chi connectivity index (χ4n) is 3.20. The summed E-state index contributed by atoms with van der Waals surface area (Å²) in [6, 6.07) is 4.07. The molecule has 30 heavy (non-hydrogen) atoms. The minimum atomic E-state index is -0.322. The van der Waals surface area contributed by atoms with Gasteiger partial charge in [0.15, 0.2) is 0 Å². The van der Waals surface area contributed by atoms with Crippen LogP contribution in [0, 0.1) is 17.2 Å². The minimum absolute atomic E-state index is 0.0830. The molecule has 0 saturated heterocycles. The first-order valence-corrected chi connectivity index (χ1v) is 10.7. The van der Waals surface area contributed by atoms with Crippen molar-refractivity contribution in [3.63, 3.8) is 0 Å². The van der Waals surface area contributed by atoms with Crippen LogP contribution in [0.15, 0.2) is 29.1 Å². The molecule has 1 N–H and O–H groups in total.